The summed E-state index contributed by atoms with van der Waals surface area (Å²) in [7, 11) is 1.57. The summed E-state index contributed by atoms with van der Waals surface area (Å²) in [6.07, 6.45) is 3.77. The normalized spacial score (nSPS) is 17.2. The van der Waals surface area contributed by atoms with Crippen molar-refractivity contribution in [3.05, 3.63) is 94.7 Å². The van der Waals surface area contributed by atoms with Gasteiger partial charge in [0, 0.05) is 36.5 Å². The molecule has 0 radical (unpaired) electrons. The first-order valence-corrected chi connectivity index (χ1v) is 13.5. The number of anilines is 1. The lowest BCUT2D eigenvalue weighted by Crippen LogP contribution is -2.40. The van der Waals surface area contributed by atoms with Gasteiger partial charge in [-0.05, 0) is 56.5 Å². The first kappa shape index (κ1) is 26.4. The highest BCUT2D eigenvalue weighted by Crippen LogP contribution is 2.32. The van der Waals surface area contributed by atoms with E-state index in [-0.39, 0.29) is 23.4 Å². The Labute approximate surface area is 228 Å². The van der Waals surface area contributed by atoms with E-state index in [1.54, 1.807) is 45.2 Å². The molecule has 2 aliphatic rings. The summed E-state index contributed by atoms with van der Waals surface area (Å²) in [4.78, 5) is 45.3. The van der Waals surface area contributed by atoms with E-state index in [0.717, 1.165) is 31.6 Å². The molecule has 1 aromatic heterocycles. The van der Waals surface area contributed by atoms with E-state index in [0.29, 0.717) is 31.9 Å². The maximum absolute atomic E-state index is 13.9. The van der Waals surface area contributed by atoms with Crippen LogP contribution in [0.15, 0.2) is 63.5 Å². The number of hydrogen-bond acceptors (Lipinski definition) is 9. The van der Waals surface area contributed by atoms with Crippen molar-refractivity contribution in [3.63, 3.8) is 0 Å². The minimum atomic E-state index is -0.753. The molecule has 0 N–H and O–H groups in total. The van der Waals surface area contributed by atoms with Crippen LogP contribution in [0.1, 0.15) is 43.9 Å². The zero-order valence-electron chi connectivity index (χ0n) is 21.9. The van der Waals surface area contributed by atoms with Gasteiger partial charge in [0.25, 0.3) is 11.2 Å². The molecule has 1 fully saturated rings. The Morgan fingerprint density at radius 2 is 1.92 bits per heavy atom. The number of methoxy groups -OCH3 is 1. The first-order valence-electron chi connectivity index (χ1n) is 12.7. The predicted molar refractivity (Wildman–Crippen MR) is 148 cm³/mol. The Morgan fingerprint density at radius 1 is 1.21 bits per heavy atom. The Balaban J connectivity index is 1.71. The van der Waals surface area contributed by atoms with Gasteiger partial charge in [0.15, 0.2) is 4.80 Å². The maximum atomic E-state index is 13.9. The number of ether oxygens (including phenoxy) is 2. The van der Waals surface area contributed by atoms with Crippen molar-refractivity contribution < 1.29 is 19.2 Å². The highest BCUT2D eigenvalue weighted by Gasteiger charge is 2.33. The van der Waals surface area contributed by atoms with Crippen LogP contribution in [0.3, 0.4) is 0 Å². The molecule has 10 nitrogen and oxygen atoms in total. The zero-order valence-corrected chi connectivity index (χ0v) is 22.7. The maximum Gasteiger partial charge on any atom is 0.338 e. The number of carbonyl (C=O) groups excluding carboxylic acids is 1. The number of fused-ring (bicyclic) bond motifs is 1. The number of allylic oxidation sites excluding steroid dienone is 1. The van der Waals surface area contributed by atoms with Crippen molar-refractivity contribution in [1.29, 1.82) is 0 Å². The molecule has 5 rings (SSSR count). The Bertz CT molecular complexity index is 1650. The van der Waals surface area contributed by atoms with Gasteiger partial charge >= 0.3 is 5.97 Å². The van der Waals surface area contributed by atoms with Gasteiger partial charge in [0.05, 0.1) is 40.5 Å². The highest BCUT2D eigenvalue weighted by atomic mass is 32.1. The number of nitrogens with zero attached hydrogens (tertiary/aromatic N) is 4. The van der Waals surface area contributed by atoms with E-state index in [4.69, 9.17) is 9.47 Å². The molecule has 1 saturated heterocycles. The van der Waals surface area contributed by atoms with E-state index >= 15 is 0 Å². The number of hydrogen-bond donors (Lipinski definition) is 0. The number of nitro benzene ring substituents is 1. The number of thiazole rings is 1. The summed E-state index contributed by atoms with van der Waals surface area (Å²) >= 11 is 1.19. The first-order chi connectivity index (χ1) is 18.8. The molecular formula is C28H28N4O6S. The number of aromatic nitrogens is 1. The fourth-order valence-electron chi connectivity index (χ4n) is 5.05. The Hall–Kier alpha value is -4.25. The van der Waals surface area contributed by atoms with Crippen molar-refractivity contribution in [3.8, 4) is 5.75 Å². The molecule has 0 amide bonds. The van der Waals surface area contributed by atoms with E-state index < -0.39 is 16.9 Å². The molecule has 1 unspecified atom stereocenters. The molecule has 11 heteroatoms. The van der Waals surface area contributed by atoms with Gasteiger partial charge in [0.1, 0.15) is 5.75 Å². The van der Waals surface area contributed by atoms with E-state index in [1.807, 2.05) is 12.1 Å². The summed E-state index contributed by atoms with van der Waals surface area (Å²) in [6, 6.07) is 11.2. The van der Waals surface area contributed by atoms with Gasteiger partial charge in [0.2, 0.25) is 0 Å². The van der Waals surface area contributed by atoms with E-state index in [1.165, 1.54) is 28.0 Å². The topological polar surface area (TPSA) is 116 Å². The van der Waals surface area contributed by atoms with Crippen molar-refractivity contribution in [2.45, 2.75) is 32.7 Å². The number of carbonyl (C=O) groups is 1. The molecule has 202 valence electrons. The molecule has 0 saturated carbocycles. The second-order valence-electron chi connectivity index (χ2n) is 9.27. The quantitative estimate of drug-likeness (QED) is 0.253. The average molecular weight is 549 g/mol. The molecule has 0 aliphatic carbocycles. The van der Waals surface area contributed by atoms with Crippen LogP contribution in [0.4, 0.5) is 11.4 Å². The standard InChI is InChI=1S/C28H28N4O6S/c1-4-38-27(34)24-17(2)29-28-31(25(24)18-7-10-21(37-3)11-8-18)26(33)23(39-28)16-19-15-20(32(35)36)9-12-22(19)30-13-5-6-14-30/h7-12,15-16,25H,4-6,13-14H2,1-3H3. The third-order valence-corrected chi connectivity index (χ3v) is 7.89. The van der Waals surface area contributed by atoms with Crippen molar-refractivity contribution in [2.24, 2.45) is 4.99 Å². The zero-order chi connectivity index (χ0) is 27.7. The SMILES string of the molecule is CCOC(=O)C1=C(C)N=c2sc(=Cc3cc([N+](=O)[O-])ccc3N3CCCC3)c(=O)n2C1c1ccc(OC)cc1. The van der Waals surface area contributed by atoms with Gasteiger partial charge in [-0.2, -0.15) is 0 Å². The molecule has 2 aliphatic heterocycles. The Kier molecular flexibility index (Phi) is 7.34. The van der Waals surface area contributed by atoms with Crippen LogP contribution in [-0.2, 0) is 9.53 Å². The summed E-state index contributed by atoms with van der Waals surface area (Å²) in [6.45, 7) is 5.33. The number of non-ortho nitro benzene ring substituents is 1. The van der Waals surface area contributed by atoms with Gasteiger partial charge in [-0.3, -0.25) is 19.5 Å². The second kappa shape index (κ2) is 10.9. The predicted octanol–water partition coefficient (Wildman–Crippen LogP) is 3.32. The largest absolute Gasteiger partial charge is 0.497 e. The number of nitro groups is 1. The summed E-state index contributed by atoms with van der Waals surface area (Å²) < 4.78 is 12.5. The molecule has 0 bridgehead atoms. The lowest BCUT2D eigenvalue weighted by atomic mass is 9.96. The lowest BCUT2D eigenvalue weighted by Gasteiger charge is -2.24. The second-order valence-corrected chi connectivity index (χ2v) is 10.3. The minimum absolute atomic E-state index is 0.0477. The van der Waals surface area contributed by atoms with Crippen LogP contribution in [0, 0.1) is 10.1 Å². The molecule has 2 aromatic carbocycles. The number of benzene rings is 2. The summed E-state index contributed by atoms with van der Waals surface area (Å²) in [5.74, 6) is 0.105. The van der Waals surface area contributed by atoms with Crippen LogP contribution in [0.25, 0.3) is 6.08 Å². The van der Waals surface area contributed by atoms with Crippen molar-refractivity contribution in [2.75, 3.05) is 31.7 Å². The fourth-order valence-corrected chi connectivity index (χ4v) is 6.09. The molecule has 3 heterocycles. The van der Waals surface area contributed by atoms with Gasteiger partial charge in [-0.25, -0.2) is 9.79 Å². The van der Waals surface area contributed by atoms with E-state index in [2.05, 4.69) is 9.89 Å². The van der Waals surface area contributed by atoms with Crippen molar-refractivity contribution >= 4 is 34.8 Å². The Morgan fingerprint density at radius 3 is 2.56 bits per heavy atom. The van der Waals surface area contributed by atoms with E-state index in [9.17, 15) is 19.7 Å². The number of rotatable bonds is 7. The van der Waals surface area contributed by atoms with Gasteiger partial charge in [-0.1, -0.05) is 23.5 Å². The number of esters is 1. The van der Waals surface area contributed by atoms with Crippen LogP contribution < -0.4 is 24.5 Å². The highest BCUT2D eigenvalue weighted by molar-refractivity contribution is 7.07. The van der Waals surface area contributed by atoms with Gasteiger partial charge < -0.3 is 14.4 Å². The van der Waals surface area contributed by atoms with Crippen LogP contribution in [0.2, 0.25) is 0 Å². The molecule has 1 atom stereocenters. The summed E-state index contributed by atoms with van der Waals surface area (Å²) in [5.41, 5.74) is 2.51. The van der Waals surface area contributed by atoms with Crippen molar-refractivity contribution in [1.82, 2.24) is 4.57 Å². The van der Waals surface area contributed by atoms with Crippen LogP contribution in [-0.4, -0.2) is 42.3 Å². The minimum Gasteiger partial charge on any atom is -0.497 e. The monoisotopic (exact) mass is 548 g/mol. The summed E-state index contributed by atoms with van der Waals surface area (Å²) in [5, 5.41) is 11.5. The smallest absolute Gasteiger partial charge is 0.338 e. The average Bonchev–Trinajstić information content (AvgIpc) is 3.56. The third-order valence-electron chi connectivity index (χ3n) is 6.90. The third kappa shape index (κ3) is 4.97. The van der Waals surface area contributed by atoms with Crippen LogP contribution in [0.5, 0.6) is 5.75 Å². The fraction of sp³-hybridized carbons (Fsp3) is 0.321. The molecule has 39 heavy (non-hydrogen) atoms. The molecule has 3 aromatic rings. The van der Waals surface area contributed by atoms with Crippen LogP contribution >= 0.6 is 11.3 Å². The molecular weight excluding hydrogens is 520 g/mol. The lowest BCUT2D eigenvalue weighted by molar-refractivity contribution is -0.384. The molecule has 0 spiro atoms. The van der Waals surface area contributed by atoms with Gasteiger partial charge in [-0.15, -0.1) is 0 Å².